The number of rotatable bonds is 11. The summed E-state index contributed by atoms with van der Waals surface area (Å²) in [4.78, 5) is 25.5. The molecule has 5 nitrogen and oxygen atoms in total. The fraction of sp³-hybridized carbons (Fsp3) is 0.375. The highest BCUT2D eigenvalue weighted by Gasteiger charge is 2.21. The first-order valence-electron chi connectivity index (χ1n) is 13.0. The predicted octanol–water partition coefficient (Wildman–Crippen LogP) is 6.95. The molecule has 0 radical (unpaired) electrons. The normalized spacial score (nSPS) is 11.8. The Balaban J connectivity index is 1.90. The molecule has 1 unspecified atom stereocenters. The standard InChI is InChI=1S/C32H38FNO4/c1-20(2)13-29(26-15-22(4)14-23(5)16-26)34-32(36)27-18-24(8-9-25(27)10-12-31(35)37-6)19-38-30-17-21(3)7-11-28(30)33/h7-9,11,14-18,20,29H,10,12-13,19H2,1-6H3,(H,34,36). The van der Waals surface area contributed by atoms with Gasteiger partial charge in [0, 0.05) is 12.0 Å². The van der Waals surface area contributed by atoms with E-state index in [4.69, 9.17) is 9.47 Å². The van der Waals surface area contributed by atoms with Gasteiger partial charge in [-0.1, -0.05) is 61.4 Å². The molecule has 3 aromatic rings. The topological polar surface area (TPSA) is 64.6 Å². The number of esters is 1. The zero-order valence-electron chi connectivity index (χ0n) is 23.2. The molecule has 0 heterocycles. The molecule has 0 spiro atoms. The van der Waals surface area contributed by atoms with E-state index in [0.717, 1.165) is 39.8 Å². The summed E-state index contributed by atoms with van der Waals surface area (Å²) >= 11 is 0. The first kappa shape index (κ1) is 28.9. The van der Waals surface area contributed by atoms with Gasteiger partial charge in [-0.3, -0.25) is 9.59 Å². The maximum atomic E-state index is 14.2. The van der Waals surface area contributed by atoms with E-state index in [9.17, 15) is 14.0 Å². The molecule has 0 bridgehead atoms. The van der Waals surface area contributed by atoms with Crippen molar-refractivity contribution in [3.05, 3.63) is 99.4 Å². The van der Waals surface area contributed by atoms with E-state index in [1.807, 2.05) is 19.1 Å². The Labute approximate surface area is 225 Å². The molecule has 202 valence electrons. The second kappa shape index (κ2) is 13.2. The van der Waals surface area contributed by atoms with E-state index in [-0.39, 0.29) is 36.7 Å². The van der Waals surface area contributed by atoms with E-state index in [2.05, 4.69) is 51.2 Å². The highest BCUT2D eigenvalue weighted by Crippen LogP contribution is 2.26. The smallest absolute Gasteiger partial charge is 0.305 e. The summed E-state index contributed by atoms with van der Waals surface area (Å²) < 4.78 is 24.7. The summed E-state index contributed by atoms with van der Waals surface area (Å²) in [6.45, 7) is 10.3. The Morgan fingerprint density at radius 2 is 1.63 bits per heavy atom. The van der Waals surface area contributed by atoms with Gasteiger partial charge in [0.05, 0.1) is 13.2 Å². The van der Waals surface area contributed by atoms with Gasteiger partial charge in [0.1, 0.15) is 6.61 Å². The summed E-state index contributed by atoms with van der Waals surface area (Å²) in [7, 11) is 1.35. The second-order valence-electron chi connectivity index (χ2n) is 10.4. The third-order valence-electron chi connectivity index (χ3n) is 6.38. The zero-order valence-corrected chi connectivity index (χ0v) is 23.2. The molecule has 1 amide bonds. The predicted molar refractivity (Wildman–Crippen MR) is 148 cm³/mol. The Hall–Kier alpha value is -3.67. The number of hydrogen-bond donors (Lipinski definition) is 1. The first-order chi connectivity index (χ1) is 18.0. The molecule has 0 saturated carbocycles. The number of ether oxygens (including phenoxy) is 2. The average molecular weight is 520 g/mol. The van der Waals surface area contributed by atoms with Gasteiger partial charge < -0.3 is 14.8 Å². The second-order valence-corrected chi connectivity index (χ2v) is 10.4. The largest absolute Gasteiger partial charge is 0.486 e. The third-order valence-corrected chi connectivity index (χ3v) is 6.38. The Kier molecular flexibility index (Phi) is 10.1. The molecule has 0 aliphatic heterocycles. The van der Waals surface area contributed by atoms with Crippen molar-refractivity contribution in [3.63, 3.8) is 0 Å². The summed E-state index contributed by atoms with van der Waals surface area (Å²) in [5.74, 6) is -0.473. The van der Waals surface area contributed by atoms with E-state index in [0.29, 0.717) is 17.9 Å². The van der Waals surface area contributed by atoms with Crippen LogP contribution in [0.1, 0.15) is 76.5 Å². The molecule has 1 N–H and O–H groups in total. The van der Waals surface area contributed by atoms with Gasteiger partial charge in [-0.15, -0.1) is 0 Å². The number of methoxy groups -OCH3 is 1. The molecule has 0 aromatic heterocycles. The molecule has 0 aliphatic rings. The van der Waals surface area contributed by atoms with Crippen molar-refractivity contribution in [1.82, 2.24) is 5.32 Å². The van der Waals surface area contributed by atoms with E-state index < -0.39 is 5.82 Å². The van der Waals surface area contributed by atoms with Crippen LogP contribution in [0.4, 0.5) is 4.39 Å². The van der Waals surface area contributed by atoms with Crippen LogP contribution in [0.25, 0.3) is 0 Å². The number of halogens is 1. The van der Waals surface area contributed by atoms with Crippen LogP contribution in [-0.4, -0.2) is 19.0 Å². The molecule has 0 fully saturated rings. The number of carbonyl (C=O) groups is 2. The summed E-state index contributed by atoms with van der Waals surface area (Å²) in [5.41, 5.74) is 6.18. The molecule has 38 heavy (non-hydrogen) atoms. The van der Waals surface area contributed by atoms with Crippen molar-refractivity contribution in [1.29, 1.82) is 0 Å². The number of nitrogens with one attached hydrogen (secondary N) is 1. The van der Waals surface area contributed by atoms with Gasteiger partial charge in [0.25, 0.3) is 5.91 Å². The minimum absolute atomic E-state index is 0.102. The SMILES string of the molecule is COC(=O)CCc1ccc(COc2cc(C)ccc2F)cc1C(=O)NC(CC(C)C)c1cc(C)cc(C)c1. The minimum Gasteiger partial charge on any atom is -0.486 e. The average Bonchev–Trinajstić information content (AvgIpc) is 2.86. The fourth-order valence-electron chi connectivity index (χ4n) is 4.56. The van der Waals surface area contributed by atoms with E-state index >= 15 is 0 Å². The molecular formula is C32H38FNO4. The van der Waals surface area contributed by atoms with Gasteiger partial charge in [0.15, 0.2) is 11.6 Å². The lowest BCUT2D eigenvalue weighted by atomic mass is 9.93. The number of amides is 1. The maximum absolute atomic E-state index is 14.2. The van der Waals surface area contributed by atoms with Crippen LogP contribution in [0.3, 0.4) is 0 Å². The third kappa shape index (κ3) is 8.17. The van der Waals surface area contributed by atoms with Crippen molar-refractivity contribution in [2.24, 2.45) is 5.92 Å². The van der Waals surface area contributed by atoms with Crippen LogP contribution < -0.4 is 10.1 Å². The zero-order chi connectivity index (χ0) is 27.8. The maximum Gasteiger partial charge on any atom is 0.305 e. The van der Waals surface area contributed by atoms with Crippen molar-refractivity contribution < 1.29 is 23.5 Å². The van der Waals surface area contributed by atoms with E-state index in [1.165, 1.54) is 13.2 Å². The number of benzene rings is 3. The number of aryl methyl sites for hydroxylation is 4. The van der Waals surface area contributed by atoms with Crippen LogP contribution in [0.2, 0.25) is 0 Å². The molecule has 6 heteroatoms. The molecule has 0 aliphatic carbocycles. The minimum atomic E-state index is -0.437. The Morgan fingerprint density at radius 3 is 2.29 bits per heavy atom. The fourth-order valence-corrected chi connectivity index (χ4v) is 4.56. The summed E-state index contributed by atoms with van der Waals surface area (Å²) in [6, 6.07) is 16.3. The van der Waals surface area contributed by atoms with E-state index in [1.54, 1.807) is 18.2 Å². The lowest BCUT2D eigenvalue weighted by Crippen LogP contribution is -2.30. The Bertz CT molecular complexity index is 1260. The van der Waals surface area contributed by atoms with Gasteiger partial charge in [-0.2, -0.15) is 0 Å². The highest BCUT2D eigenvalue weighted by atomic mass is 19.1. The lowest BCUT2D eigenvalue weighted by molar-refractivity contribution is -0.140. The van der Waals surface area contributed by atoms with Crippen LogP contribution in [0, 0.1) is 32.5 Å². The van der Waals surface area contributed by atoms with Crippen molar-refractivity contribution >= 4 is 11.9 Å². The van der Waals surface area contributed by atoms with Crippen molar-refractivity contribution in [2.45, 2.75) is 66.5 Å². The Morgan fingerprint density at radius 1 is 0.921 bits per heavy atom. The molecule has 0 saturated heterocycles. The summed E-state index contributed by atoms with van der Waals surface area (Å²) in [6.07, 6.45) is 1.30. The van der Waals surface area contributed by atoms with Gasteiger partial charge >= 0.3 is 5.97 Å². The highest BCUT2D eigenvalue weighted by molar-refractivity contribution is 5.96. The number of carbonyl (C=O) groups excluding carboxylic acids is 2. The monoisotopic (exact) mass is 519 g/mol. The first-order valence-corrected chi connectivity index (χ1v) is 13.0. The quantitative estimate of drug-likeness (QED) is 0.278. The molecule has 1 atom stereocenters. The van der Waals surface area contributed by atoms with Gasteiger partial charge in [0.2, 0.25) is 0 Å². The van der Waals surface area contributed by atoms with Crippen LogP contribution in [0.5, 0.6) is 5.75 Å². The molecule has 3 aromatic carbocycles. The van der Waals surface area contributed by atoms with Gasteiger partial charge in [-0.25, -0.2) is 4.39 Å². The van der Waals surface area contributed by atoms with Crippen LogP contribution >= 0.6 is 0 Å². The molecular weight excluding hydrogens is 481 g/mol. The molecule has 3 rings (SSSR count). The number of hydrogen-bond acceptors (Lipinski definition) is 4. The van der Waals surface area contributed by atoms with Crippen LogP contribution in [-0.2, 0) is 22.6 Å². The summed E-state index contributed by atoms with van der Waals surface area (Å²) in [5, 5.41) is 3.24. The van der Waals surface area contributed by atoms with Crippen LogP contribution in [0.15, 0.2) is 54.6 Å². The van der Waals surface area contributed by atoms with Gasteiger partial charge in [-0.05, 0) is 80.0 Å². The van der Waals surface area contributed by atoms with Crippen molar-refractivity contribution in [3.8, 4) is 5.75 Å². The van der Waals surface area contributed by atoms with Crippen molar-refractivity contribution in [2.75, 3.05) is 7.11 Å². The lowest BCUT2D eigenvalue weighted by Gasteiger charge is -2.23.